The van der Waals surface area contributed by atoms with Crippen LogP contribution in [0, 0.1) is 0 Å². The van der Waals surface area contributed by atoms with Crippen molar-refractivity contribution < 1.29 is 4.74 Å². The van der Waals surface area contributed by atoms with Gasteiger partial charge in [0.05, 0.1) is 17.2 Å². The molecule has 0 spiro atoms. The van der Waals surface area contributed by atoms with Crippen molar-refractivity contribution in [1.82, 2.24) is 0 Å². The molecule has 2 N–H and O–H groups in total. The summed E-state index contributed by atoms with van der Waals surface area (Å²) in [7, 11) is 0. The highest BCUT2D eigenvalue weighted by atomic mass is 79.9. The highest BCUT2D eigenvalue weighted by Gasteiger charge is 2.11. The predicted octanol–water partition coefficient (Wildman–Crippen LogP) is 4.94. The molecule has 0 fully saturated rings. The van der Waals surface area contributed by atoms with E-state index >= 15 is 0 Å². The minimum Gasteiger partial charge on any atom is -0.491 e. The number of nitrogens with two attached hydrogens (primary N) is 1. The first kappa shape index (κ1) is 15.4. The summed E-state index contributed by atoms with van der Waals surface area (Å²) < 4.78 is 6.56. The van der Waals surface area contributed by atoms with Crippen LogP contribution in [0.3, 0.4) is 0 Å². The molecule has 0 bridgehead atoms. The zero-order chi connectivity index (χ0) is 14.7. The van der Waals surface area contributed by atoms with Crippen LogP contribution in [0.2, 0.25) is 5.02 Å². The van der Waals surface area contributed by atoms with Gasteiger partial charge in [-0.2, -0.15) is 0 Å². The quantitative estimate of drug-likeness (QED) is 0.844. The summed E-state index contributed by atoms with van der Waals surface area (Å²) >= 11 is 9.50. The summed E-state index contributed by atoms with van der Waals surface area (Å²) in [6.45, 7) is 4.00. The predicted molar refractivity (Wildman–Crippen MR) is 87.4 cm³/mol. The van der Waals surface area contributed by atoms with Crippen LogP contribution in [-0.2, 0) is 0 Å². The molecule has 0 amide bonds. The number of halogens is 2. The second kappa shape index (κ2) is 6.61. The fraction of sp³-hybridized carbons (Fsp3) is 0.250. The third kappa shape index (κ3) is 3.75. The van der Waals surface area contributed by atoms with Gasteiger partial charge in [0.2, 0.25) is 0 Å². The van der Waals surface area contributed by atoms with E-state index in [2.05, 4.69) is 15.9 Å². The molecule has 1 atom stereocenters. The van der Waals surface area contributed by atoms with Crippen molar-refractivity contribution in [2.45, 2.75) is 26.0 Å². The third-order valence-corrected chi connectivity index (χ3v) is 4.12. The first-order valence-electron chi connectivity index (χ1n) is 6.44. The SMILES string of the molecule is CC(C)Oc1cccc(C(N)c2ccc(Br)c(Cl)c2)c1. The Hall–Kier alpha value is -1.03. The highest BCUT2D eigenvalue weighted by molar-refractivity contribution is 9.10. The molecule has 0 aliphatic carbocycles. The molecule has 1 unspecified atom stereocenters. The van der Waals surface area contributed by atoms with Crippen LogP contribution in [0.1, 0.15) is 31.0 Å². The van der Waals surface area contributed by atoms with Gasteiger partial charge in [-0.3, -0.25) is 0 Å². The molecule has 2 aromatic rings. The van der Waals surface area contributed by atoms with Crippen LogP contribution >= 0.6 is 27.5 Å². The lowest BCUT2D eigenvalue weighted by Crippen LogP contribution is -2.12. The summed E-state index contributed by atoms with van der Waals surface area (Å²) in [4.78, 5) is 0. The fourth-order valence-electron chi connectivity index (χ4n) is 1.95. The molecule has 106 valence electrons. The van der Waals surface area contributed by atoms with Crippen LogP contribution in [0.25, 0.3) is 0 Å². The lowest BCUT2D eigenvalue weighted by Gasteiger charge is -2.16. The minimum absolute atomic E-state index is 0.142. The number of rotatable bonds is 4. The van der Waals surface area contributed by atoms with Crippen LogP contribution in [0.4, 0.5) is 0 Å². The van der Waals surface area contributed by atoms with Crippen molar-refractivity contribution in [3.8, 4) is 5.75 Å². The van der Waals surface area contributed by atoms with Crippen molar-refractivity contribution in [3.63, 3.8) is 0 Å². The number of hydrogen-bond acceptors (Lipinski definition) is 2. The van der Waals surface area contributed by atoms with Gasteiger partial charge in [0.1, 0.15) is 5.75 Å². The molecule has 2 aromatic carbocycles. The van der Waals surface area contributed by atoms with E-state index in [-0.39, 0.29) is 12.1 Å². The summed E-state index contributed by atoms with van der Waals surface area (Å²) in [6, 6.07) is 13.4. The van der Waals surface area contributed by atoms with E-state index < -0.39 is 0 Å². The topological polar surface area (TPSA) is 35.2 Å². The Morgan fingerprint density at radius 1 is 1.10 bits per heavy atom. The Morgan fingerprint density at radius 3 is 2.45 bits per heavy atom. The molecule has 4 heteroatoms. The van der Waals surface area contributed by atoms with E-state index in [4.69, 9.17) is 22.1 Å². The summed E-state index contributed by atoms with van der Waals surface area (Å²) in [5.74, 6) is 0.830. The summed E-state index contributed by atoms with van der Waals surface area (Å²) in [5, 5.41) is 0.660. The Labute approximate surface area is 133 Å². The number of benzene rings is 2. The molecule has 2 rings (SSSR count). The monoisotopic (exact) mass is 353 g/mol. The first-order chi connectivity index (χ1) is 9.47. The first-order valence-corrected chi connectivity index (χ1v) is 7.61. The maximum absolute atomic E-state index is 6.31. The van der Waals surface area contributed by atoms with Gasteiger partial charge in [-0.1, -0.05) is 29.8 Å². The van der Waals surface area contributed by atoms with Gasteiger partial charge in [0.25, 0.3) is 0 Å². The Kier molecular flexibility index (Phi) is 5.08. The van der Waals surface area contributed by atoms with Gasteiger partial charge in [-0.25, -0.2) is 0 Å². The normalized spacial score (nSPS) is 12.5. The van der Waals surface area contributed by atoms with Gasteiger partial charge in [-0.15, -0.1) is 0 Å². The van der Waals surface area contributed by atoms with Gasteiger partial charge in [0, 0.05) is 4.47 Å². The van der Waals surface area contributed by atoms with Crippen molar-refractivity contribution in [2.24, 2.45) is 5.73 Å². The molecule has 0 aliphatic heterocycles. The van der Waals surface area contributed by atoms with E-state index in [9.17, 15) is 0 Å². The van der Waals surface area contributed by atoms with Gasteiger partial charge >= 0.3 is 0 Å². The van der Waals surface area contributed by atoms with Crippen LogP contribution in [-0.4, -0.2) is 6.10 Å². The zero-order valence-electron chi connectivity index (χ0n) is 11.4. The molecule has 0 aliphatic rings. The van der Waals surface area contributed by atoms with Crippen LogP contribution in [0.5, 0.6) is 5.75 Å². The largest absolute Gasteiger partial charge is 0.491 e. The number of ether oxygens (including phenoxy) is 1. The molecule has 20 heavy (non-hydrogen) atoms. The molecular weight excluding hydrogens is 338 g/mol. The Bertz CT molecular complexity index is 601. The smallest absolute Gasteiger partial charge is 0.120 e. The minimum atomic E-state index is -0.226. The van der Waals surface area contributed by atoms with Crippen molar-refractivity contribution in [2.75, 3.05) is 0 Å². The van der Waals surface area contributed by atoms with E-state index in [1.165, 1.54) is 0 Å². The van der Waals surface area contributed by atoms with Gasteiger partial charge in [-0.05, 0) is 65.2 Å². The third-order valence-electron chi connectivity index (χ3n) is 2.89. The summed E-state index contributed by atoms with van der Waals surface area (Å²) in [6.07, 6.45) is 0.142. The Morgan fingerprint density at radius 2 is 1.80 bits per heavy atom. The van der Waals surface area contributed by atoms with Crippen LogP contribution in [0.15, 0.2) is 46.9 Å². The van der Waals surface area contributed by atoms with E-state index in [1.54, 1.807) is 0 Å². The zero-order valence-corrected chi connectivity index (χ0v) is 13.8. The average molecular weight is 355 g/mol. The second-order valence-corrected chi connectivity index (χ2v) is 6.15. The molecule has 0 saturated carbocycles. The van der Waals surface area contributed by atoms with Crippen LogP contribution < -0.4 is 10.5 Å². The molecule has 0 radical (unpaired) electrons. The van der Waals surface area contributed by atoms with Gasteiger partial charge in [0.15, 0.2) is 0 Å². The molecule has 2 nitrogen and oxygen atoms in total. The lowest BCUT2D eigenvalue weighted by atomic mass is 9.99. The molecule has 0 heterocycles. The highest BCUT2D eigenvalue weighted by Crippen LogP contribution is 2.29. The number of hydrogen-bond donors (Lipinski definition) is 1. The maximum Gasteiger partial charge on any atom is 0.120 e. The van der Waals surface area contributed by atoms with E-state index in [1.807, 2.05) is 56.3 Å². The molecule has 0 saturated heterocycles. The van der Waals surface area contributed by atoms with Gasteiger partial charge < -0.3 is 10.5 Å². The average Bonchev–Trinajstić information content (AvgIpc) is 2.40. The van der Waals surface area contributed by atoms with E-state index in [0.717, 1.165) is 21.3 Å². The summed E-state index contributed by atoms with van der Waals surface area (Å²) in [5.41, 5.74) is 8.28. The molecule has 0 aromatic heterocycles. The van der Waals surface area contributed by atoms with E-state index in [0.29, 0.717) is 5.02 Å². The second-order valence-electron chi connectivity index (χ2n) is 4.89. The lowest BCUT2D eigenvalue weighted by molar-refractivity contribution is 0.242. The van der Waals surface area contributed by atoms with Crippen molar-refractivity contribution in [3.05, 3.63) is 63.1 Å². The van der Waals surface area contributed by atoms with Crippen molar-refractivity contribution >= 4 is 27.5 Å². The Balaban J connectivity index is 2.28. The standard InChI is InChI=1S/C16H17BrClNO/c1-10(2)20-13-5-3-4-11(8-13)16(19)12-6-7-14(17)15(18)9-12/h3-10,16H,19H2,1-2H3. The van der Waals surface area contributed by atoms with Crippen molar-refractivity contribution in [1.29, 1.82) is 0 Å². The maximum atomic E-state index is 6.31. The molecular formula is C16H17BrClNO. The fourth-order valence-corrected chi connectivity index (χ4v) is 2.39.